The molecule has 2 rings (SSSR count). The van der Waals surface area contributed by atoms with Gasteiger partial charge >= 0.3 is 6.18 Å². The molecule has 0 aliphatic heterocycles. The van der Waals surface area contributed by atoms with E-state index >= 15 is 0 Å². The molecule has 2 aromatic heterocycles. The van der Waals surface area contributed by atoms with E-state index < -0.39 is 18.6 Å². The molecule has 116 valence electrons. The number of alkyl halides is 3. The predicted octanol–water partition coefficient (Wildman–Crippen LogP) is 3.29. The lowest BCUT2D eigenvalue weighted by atomic mass is 10.2. The third kappa shape index (κ3) is 3.94. The minimum absolute atomic E-state index is 0.175. The van der Waals surface area contributed by atoms with Crippen molar-refractivity contribution >= 4 is 33.3 Å². The van der Waals surface area contributed by atoms with Gasteiger partial charge in [0.05, 0.1) is 11.8 Å². The first-order valence-electron chi connectivity index (χ1n) is 6.42. The van der Waals surface area contributed by atoms with E-state index in [0.717, 1.165) is 11.3 Å². The highest BCUT2D eigenvalue weighted by atomic mass is 32.1. The van der Waals surface area contributed by atoms with Crippen LogP contribution in [-0.4, -0.2) is 22.2 Å². The maximum atomic E-state index is 12.4. The number of thiophene rings is 1. The van der Waals surface area contributed by atoms with Gasteiger partial charge in [0.25, 0.3) is 0 Å². The molecule has 2 aromatic rings. The highest BCUT2D eigenvalue weighted by Gasteiger charge is 2.30. The fourth-order valence-electron chi connectivity index (χ4n) is 1.95. The van der Waals surface area contributed by atoms with E-state index in [-0.39, 0.29) is 5.95 Å². The molecule has 0 radical (unpaired) electrons. The second-order valence-corrected chi connectivity index (χ2v) is 5.81. The number of hydrogen-bond acceptors (Lipinski definition) is 6. The lowest BCUT2D eigenvalue weighted by Gasteiger charge is -2.17. The topological polar surface area (TPSA) is 75.9 Å². The van der Waals surface area contributed by atoms with E-state index in [2.05, 4.69) is 20.7 Å². The van der Waals surface area contributed by atoms with Crippen LogP contribution in [0.2, 0.25) is 0 Å². The van der Waals surface area contributed by atoms with Crippen LogP contribution in [0.1, 0.15) is 25.1 Å². The van der Waals surface area contributed by atoms with Gasteiger partial charge in [-0.3, -0.25) is 5.43 Å². The number of nitrogens with two attached hydrogens (primary N) is 1. The SMILES string of the molecule is CCc1cc2c(NC(C)CC(F)(F)F)nc(NN)nc2s1. The standard InChI is InChI=1S/C12H16F3N5S/c1-3-7-4-8-9(17-6(2)5-12(13,14)15)18-11(20-16)19-10(8)21-7/h4,6H,3,5,16H2,1-2H3,(H2,17,18,19,20). The summed E-state index contributed by atoms with van der Waals surface area (Å²) in [7, 11) is 0. The molecule has 2 heterocycles. The summed E-state index contributed by atoms with van der Waals surface area (Å²) in [6, 6.07) is 1.10. The molecule has 4 N–H and O–H groups in total. The Morgan fingerprint density at radius 1 is 1.38 bits per heavy atom. The average Bonchev–Trinajstić information content (AvgIpc) is 2.79. The van der Waals surface area contributed by atoms with Gasteiger partial charge in [0.2, 0.25) is 5.95 Å². The highest BCUT2D eigenvalue weighted by molar-refractivity contribution is 7.18. The van der Waals surface area contributed by atoms with Crippen molar-refractivity contribution in [2.75, 3.05) is 10.7 Å². The van der Waals surface area contributed by atoms with Crippen LogP contribution in [0.5, 0.6) is 0 Å². The zero-order chi connectivity index (χ0) is 15.6. The molecule has 5 nitrogen and oxygen atoms in total. The lowest BCUT2D eigenvalue weighted by Crippen LogP contribution is -2.24. The quantitative estimate of drug-likeness (QED) is 0.582. The summed E-state index contributed by atoms with van der Waals surface area (Å²) in [5, 5.41) is 3.51. The zero-order valence-electron chi connectivity index (χ0n) is 11.6. The number of rotatable bonds is 5. The molecule has 1 atom stereocenters. The summed E-state index contributed by atoms with van der Waals surface area (Å²) in [5.74, 6) is 5.84. The monoisotopic (exact) mass is 319 g/mol. The molecule has 0 aromatic carbocycles. The minimum atomic E-state index is -4.23. The first kappa shape index (κ1) is 15.8. The summed E-state index contributed by atoms with van der Waals surface area (Å²) in [6.07, 6.45) is -4.34. The summed E-state index contributed by atoms with van der Waals surface area (Å²) >= 11 is 1.47. The Balaban J connectivity index is 2.34. The minimum Gasteiger partial charge on any atom is -0.367 e. The smallest absolute Gasteiger partial charge is 0.367 e. The number of hydrazine groups is 1. The van der Waals surface area contributed by atoms with Crippen molar-refractivity contribution in [2.45, 2.75) is 38.9 Å². The van der Waals surface area contributed by atoms with E-state index in [9.17, 15) is 13.2 Å². The van der Waals surface area contributed by atoms with E-state index in [1.54, 1.807) is 0 Å². The molecule has 1 unspecified atom stereocenters. The molecule has 0 aliphatic rings. The fourth-order valence-corrected chi connectivity index (χ4v) is 2.92. The molecular weight excluding hydrogens is 303 g/mol. The van der Waals surface area contributed by atoms with Crippen molar-refractivity contribution in [1.29, 1.82) is 0 Å². The van der Waals surface area contributed by atoms with Crippen LogP contribution in [0.3, 0.4) is 0 Å². The average molecular weight is 319 g/mol. The normalized spacial score (nSPS) is 13.4. The molecule has 0 amide bonds. The molecular formula is C12H16F3N5S. The lowest BCUT2D eigenvalue weighted by molar-refractivity contribution is -0.136. The van der Waals surface area contributed by atoms with Crippen LogP contribution >= 0.6 is 11.3 Å². The van der Waals surface area contributed by atoms with E-state index in [1.807, 2.05) is 13.0 Å². The summed E-state index contributed by atoms with van der Waals surface area (Å²) in [4.78, 5) is 10.1. The van der Waals surface area contributed by atoms with Crippen LogP contribution in [0, 0.1) is 0 Å². The van der Waals surface area contributed by atoms with Gasteiger partial charge in [-0.15, -0.1) is 11.3 Å². The van der Waals surface area contributed by atoms with Crippen molar-refractivity contribution in [2.24, 2.45) is 5.84 Å². The van der Waals surface area contributed by atoms with Gasteiger partial charge in [0.1, 0.15) is 10.6 Å². The third-order valence-electron chi connectivity index (χ3n) is 2.84. The molecule has 0 fully saturated rings. The molecule has 0 saturated carbocycles. The van der Waals surface area contributed by atoms with Crippen molar-refractivity contribution in [1.82, 2.24) is 9.97 Å². The Hall–Kier alpha value is -1.61. The summed E-state index contributed by atoms with van der Waals surface area (Å²) in [6.45, 7) is 3.46. The summed E-state index contributed by atoms with van der Waals surface area (Å²) in [5.41, 5.74) is 2.33. The van der Waals surface area contributed by atoms with Gasteiger partial charge in [0.15, 0.2) is 0 Å². The van der Waals surface area contributed by atoms with Crippen LogP contribution in [0.15, 0.2) is 6.07 Å². The Bertz CT molecular complexity index is 625. The van der Waals surface area contributed by atoms with Gasteiger partial charge in [-0.2, -0.15) is 18.2 Å². The number of anilines is 2. The molecule has 0 saturated heterocycles. The number of aryl methyl sites for hydroxylation is 1. The number of nitrogens with zero attached hydrogens (tertiary/aromatic N) is 2. The maximum absolute atomic E-state index is 12.4. The van der Waals surface area contributed by atoms with Crippen molar-refractivity contribution in [3.8, 4) is 0 Å². The molecule has 9 heteroatoms. The highest BCUT2D eigenvalue weighted by Crippen LogP contribution is 2.31. The van der Waals surface area contributed by atoms with Gasteiger partial charge in [0, 0.05) is 10.9 Å². The molecule has 0 bridgehead atoms. The molecule has 0 aliphatic carbocycles. The second-order valence-electron chi connectivity index (χ2n) is 4.69. The maximum Gasteiger partial charge on any atom is 0.391 e. The van der Waals surface area contributed by atoms with Gasteiger partial charge < -0.3 is 5.32 Å². The van der Waals surface area contributed by atoms with Crippen molar-refractivity contribution in [3.63, 3.8) is 0 Å². The Morgan fingerprint density at radius 3 is 2.67 bits per heavy atom. The van der Waals surface area contributed by atoms with Gasteiger partial charge in [-0.05, 0) is 19.4 Å². The number of nitrogen functional groups attached to an aromatic ring is 1. The van der Waals surface area contributed by atoms with E-state index in [0.29, 0.717) is 16.0 Å². The van der Waals surface area contributed by atoms with Crippen molar-refractivity contribution < 1.29 is 13.2 Å². The van der Waals surface area contributed by atoms with Crippen LogP contribution in [0.4, 0.5) is 24.9 Å². The van der Waals surface area contributed by atoms with E-state index in [4.69, 9.17) is 5.84 Å². The van der Waals surface area contributed by atoms with Crippen LogP contribution in [-0.2, 0) is 6.42 Å². The number of fused-ring (bicyclic) bond motifs is 1. The number of nitrogens with one attached hydrogen (secondary N) is 2. The van der Waals surface area contributed by atoms with E-state index in [1.165, 1.54) is 18.3 Å². The Labute approximate surface area is 123 Å². The Kier molecular flexibility index (Phi) is 4.52. The molecule has 21 heavy (non-hydrogen) atoms. The van der Waals surface area contributed by atoms with Crippen LogP contribution in [0.25, 0.3) is 10.2 Å². The van der Waals surface area contributed by atoms with Crippen molar-refractivity contribution in [3.05, 3.63) is 10.9 Å². The predicted molar refractivity (Wildman–Crippen MR) is 78.4 cm³/mol. The van der Waals surface area contributed by atoms with Crippen LogP contribution < -0.4 is 16.6 Å². The number of hydrogen-bond donors (Lipinski definition) is 3. The molecule has 0 spiro atoms. The first-order valence-corrected chi connectivity index (χ1v) is 7.24. The Morgan fingerprint density at radius 2 is 2.10 bits per heavy atom. The van der Waals surface area contributed by atoms with Gasteiger partial charge in [-0.25, -0.2) is 10.8 Å². The second kappa shape index (κ2) is 6.02. The third-order valence-corrected chi connectivity index (χ3v) is 4.02. The fraction of sp³-hybridized carbons (Fsp3) is 0.500. The first-order chi connectivity index (χ1) is 9.82. The number of aromatic nitrogens is 2. The summed E-state index contributed by atoms with van der Waals surface area (Å²) < 4.78 is 37.3. The zero-order valence-corrected chi connectivity index (χ0v) is 12.4. The number of halogens is 3. The largest absolute Gasteiger partial charge is 0.391 e. The van der Waals surface area contributed by atoms with Gasteiger partial charge in [-0.1, -0.05) is 6.92 Å².